The number of anilines is 1. The van der Waals surface area contributed by atoms with Crippen molar-refractivity contribution in [1.82, 2.24) is 20.1 Å². The fourth-order valence-electron chi connectivity index (χ4n) is 3.88. The first-order chi connectivity index (χ1) is 12.2. The molecular formula is C19H25N5O. The second-order valence-corrected chi connectivity index (χ2v) is 7.17. The van der Waals surface area contributed by atoms with Gasteiger partial charge in [0.1, 0.15) is 5.82 Å². The van der Waals surface area contributed by atoms with Crippen LogP contribution in [0.5, 0.6) is 0 Å². The van der Waals surface area contributed by atoms with Gasteiger partial charge in [0.2, 0.25) is 0 Å². The normalized spacial score (nSPS) is 20.9. The minimum atomic E-state index is 0.0810. The summed E-state index contributed by atoms with van der Waals surface area (Å²) in [5.74, 6) is 1.38. The van der Waals surface area contributed by atoms with Gasteiger partial charge >= 0.3 is 0 Å². The zero-order valence-corrected chi connectivity index (χ0v) is 14.7. The SMILES string of the molecule is Cc1cc([C@H]2CCCN(C(=O)c3ccc(N4CCCC4)nc3)C2)n[nH]1. The Kier molecular flexibility index (Phi) is 4.42. The minimum absolute atomic E-state index is 0.0810. The summed E-state index contributed by atoms with van der Waals surface area (Å²) < 4.78 is 0. The lowest BCUT2D eigenvalue weighted by Gasteiger charge is -2.32. The molecule has 1 N–H and O–H groups in total. The number of aryl methyl sites for hydroxylation is 1. The molecule has 2 aromatic heterocycles. The van der Waals surface area contributed by atoms with Crippen molar-refractivity contribution < 1.29 is 4.79 Å². The summed E-state index contributed by atoms with van der Waals surface area (Å²) in [5.41, 5.74) is 2.82. The van der Waals surface area contributed by atoms with Crippen LogP contribution < -0.4 is 4.90 Å². The van der Waals surface area contributed by atoms with E-state index in [4.69, 9.17) is 0 Å². The topological polar surface area (TPSA) is 65.1 Å². The second kappa shape index (κ2) is 6.86. The zero-order valence-electron chi connectivity index (χ0n) is 14.7. The van der Waals surface area contributed by atoms with Gasteiger partial charge in [-0.05, 0) is 50.8 Å². The van der Waals surface area contributed by atoms with Crippen LogP contribution in [0, 0.1) is 6.92 Å². The van der Waals surface area contributed by atoms with Crippen molar-refractivity contribution >= 4 is 11.7 Å². The second-order valence-electron chi connectivity index (χ2n) is 7.17. The molecule has 25 heavy (non-hydrogen) atoms. The lowest BCUT2D eigenvalue weighted by atomic mass is 9.94. The molecule has 0 spiro atoms. The molecule has 6 nitrogen and oxygen atoms in total. The first kappa shape index (κ1) is 16.1. The number of carbonyl (C=O) groups excluding carboxylic acids is 1. The van der Waals surface area contributed by atoms with Gasteiger partial charge in [-0.15, -0.1) is 0 Å². The summed E-state index contributed by atoms with van der Waals surface area (Å²) in [6, 6.07) is 5.99. The van der Waals surface area contributed by atoms with Crippen molar-refractivity contribution in [3.8, 4) is 0 Å². The number of carbonyl (C=O) groups is 1. The van der Waals surface area contributed by atoms with Crippen molar-refractivity contribution in [2.24, 2.45) is 0 Å². The number of nitrogens with one attached hydrogen (secondary N) is 1. The summed E-state index contributed by atoms with van der Waals surface area (Å²) >= 11 is 0. The number of amides is 1. The Bertz CT molecular complexity index is 733. The summed E-state index contributed by atoms with van der Waals surface area (Å²) in [4.78, 5) is 21.6. The first-order valence-corrected chi connectivity index (χ1v) is 9.23. The maximum Gasteiger partial charge on any atom is 0.255 e. The summed E-state index contributed by atoms with van der Waals surface area (Å²) in [6.07, 6.45) is 6.29. The smallest absolute Gasteiger partial charge is 0.255 e. The molecule has 0 unspecified atom stereocenters. The summed E-state index contributed by atoms with van der Waals surface area (Å²) in [5, 5.41) is 7.39. The molecule has 0 saturated carbocycles. The molecule has 0 radical (unpaired) electrons. The molecule has 2 aliphatic heterocycles. The number of rotatable bonds is 3. The van der Waals surface area contributed by atoms with Crippen LogP contribution in [0.25, 0.3) is 0 Å². The molecule has 2 fully saturated rings. The van der Waals surface area contributed by atoms with Crippen LogP contribution in [0.1, 0.15) is 53.3 Å². The number of hydrogen-bond donors (Lipinski definition) is 1. The van der Waals surface area contributed by atoms with E-state index in [2.05, 4.69) is 26.1 Å². The maximum atomic E-state index is 12.9. The highest BCUT2D eigenvalue weighted by atomic mass is 16.2. The zero-order chi connectivity index (χ0) is 17.2. The fourth-order valence-corrected chi connectivity index (χ4v) is 3.88. The predicted molar refractivity (Wildman–Crippen MR) is 96.9 cm³/mol. The van der Waals surface area contributed by atoms with Crippen LogP contribution in [0.15, 0.2) is 24.4 Å². The molecule has 0 bridgehead atoms. The largest absolute Gasteiger partial charge is 0.357 e. The minimum Gasteiger partial charge on any atom is -0.357 e. The Labute approximate surface area is 148 Å². The molecule has 4 rings (SSSR count). The third kappa shape index (κ3) is 3.38. The number of nitrogens with zero attached hydrogens (tertiary/aromatic N) is 4. The Hall–Kier alpha value is -2.37. The van der Waals surface area contributed by atoms with Gasteiger partial charge in [-0.1, -0.05) is 0 Å². The summed E-state index contributed by atoms with van der Waals surface area (Å²) in [6.45, 7) is 5.69. The number of likely N-dealkylation sites (tertiary alicyclic amines) is 1. The molecule has 1 atom stereocenters. The van der Waals surface area contributed by atoms with Crippen molar-refractivity contribution in [1.29, 1.82) is 0 Å². The molecule has 132 valence electrons. The Morgan fingerprint density at radius 2 is 2.04 bits per heavy atom. The first-order valence-electron chi connectivity index (χ1n) is 9.23. The molecule has 4 heterocycles. The van der Waals surface area contributed by atoms with Gasteiger partial charge in [-0.2, -0.15) is 5.10 Å². The van der Waals surface area contributed by atoms with Crippen LogP contribution >= 0.6 is 0 Å². The average molecular weight is 339 g/mol. The van der Waals surface area contributed by atoms with E-state index < -0.39 is 0 Å². The number of pyridine rings is 1. The molecule has 2 aromatic rings. The third-order valence-electron chi connectivity index (χ3n) is 5.28. The van der Waals surface area contributed by atoms with Crippen molar-refractivity contribution in [2.75, 3.05) is 31.1 Å². The van der Waals surface area contributed by atoms with E-state index in [1.165, 1.54) is 12.8 Å². The molecule has 0 aliphatic carbocycles. The van der Waals surface area contributed by atoms with Crippen molar-refractivity contribution in [3.05, 3.63) is 41.3 Å². The number of aromatic nitrogens is 3. The number of piperidine rings is 1. The Morgan fingerprint density at radius 1 is 1.20 bits per heavy atom. The van der Waals surface area contributed by atoms with E-state index in [9.17, 15) is 4.79 Å². The van der Waals surface area contributed by atoms with Crippen LogP contribution in [0.2, 0.25) is 0 Å². The Morgan fingerprint density at radius 3 is 2.72 bits per heavy atom. The van der Waals surface area contributed by atoms with Gasteiger partial charge in [0, 0.05) is 44.0 Å². The van der Waals surface area contributed by atoms with Gasteiger partial charge in [-0.25, -0.2) is 4.98 Å². The lowest BCUT2D eigenvalue weighted by Crippen LogP contribution is -2.39. The molecule has 6 heteroatoms. The van der Waals surface area contributed by atoms with E-state index in [-0.39, 0.29) is 5.91 Å². The van der Waals surface area contributed by atoms with Gasteiger partial charge in [-0.3, -0.25) is 9.89 Å². The highest BCUT2D eigenvalue weighted by Crippen LogP contribution is 2.27. The third-order valence-corrected chi connectivity index (χ3v) is 5.28. The van der Waals surface area contributed by atoms with Crippen LogP contribution in [0.4, 0.5) is 5.82 Å². The molecule has 0 aromatic carbocycles. The van der Waals surface area contributed by atoms with Crippen molar-refractivity contribution in [2.45, 2.75) is 38.5 Å². The van der Waals surface area contributed by atoms with E-state index in [0.717, 1.165) is 56.2 Å². The molecule has 2 saturated heterocycles. The van der Waals surface area contributed by atoms with Crippen LogP contribution in [-0.2, 0) is 0 Å². The van der Waals surface area contributed by atoms with Gasteiger partial charge in [0.05, 0.1) is 11.3 Å². The summed E-state index contributed by atoms with van der Waals surface area (Å²) in [7, 11) is 0. The molecular weight excluding hydrogens is 314 g/mol. The van der Waals surface area contributed by atoms with E-state index in [1.54, 1.807) is 6.20 Å². The fraction of sp³-hybridized carbons (Fsp3) is 0.526. The lowest BCUT2D eigenvalue weighted by molar-refractivity contribution is 0.0705. The quantitative estimate of drug-likeness (QED) is 0.934. The molecule has 2 aliphatic rings. The highest BCUT2D eigenvalue weighted by molar-refractivity contribution is 5.94. The van der Waals surface area contributed by atoms with Crippen LogP contribution in [0.3, 0.4) is 0 Å². The Balaban J connectivity index is 1.44. The standard InChI is InChI=1S/C19H25N5O/c1-14-11-17(22-21-14)16-5-4-10-24(13-16)19(25)15-6-7-18(20-12-15)23-8-2-3-9-23/h6-7,11-12,16H,2-5,8-10,13H2,1H3,(H,21,22)/t16-/m0/s1. The average Bonchev–Trinajstić information content (AvgIpc) is 3.33. The van der Waals surface area contributed by atoms with E-state index in [1.807, 2.05) is 24.0 Å². The predicted octanol–water partition coefficient (Wildman–Crippen LogP) is 2.73. The number of H-pyrrole nitrogens is 1. The van der Waals surface area contributed by atoms with Crippen LogP contribution in [-0.4, -0.2) is 52.2 Å². The monoisotopic (exact) mass is 339 g/mol. The molecule has 1 amide bonds. The number of hydrogen-bond acceptors (Lipinski definition) is 4. The maximum absolute atomic E-state index is 12.9. The van der Waals surface area contributed by atoms with Gasteiger partial charge in [0.25, 0.3) is 5.91 Å². The number of aromatic amines is 1. The van der Waals surface area contributed by atoms with E-state index >= 15 is 0 Å². The van der Waals surface area contributed by atoms with Gasteiger partial charge in [0.15, 0.2) is 0 Å². The highest BCUT2D eigenvalue weighted by Gasteiger charge is 2.27. The van der Waals surface area contributed by atoms with E-state index in [0.29, 0.717) is 11.5 Å². The van der Waals surface area contributed by atoms with Crippen molar-refractivity contribution in [3.63, 3.8) is 0 Å². The van der Waals surface area contributed by atoms with Gasteiger partial charge < -0.3 is 9.80 Å².